The third-order valence-electron chi connectivity index (χ3n) is 6.43. The van der Waals surface area contributed by atoms with Gasteiger partial charge in [-0.15, -0.1) is 0 Å². The van der Waals surface area contributed by atoms with Crippen molar-refractivity contribution in [3.05, 3.63) is 94.8 Å². The van der Waals surface area contributed by atoms with Crippen molar-refractivity contribution < 1.29 is 4.79 Å². The molecular formula is C26H27ClN4O. The second kappa shape index (κ2) is 8.40. The van der Waals surface area contributed by atoms with Crippen LogP contribution < -0.4 is 10.2 Å². The molecule has 0 spiro atoms. The van der Waals surface area contributed by atoms with Crippen molar-refractivity contribution in [2.24, 2.45) is 0 Å². The minimum absolute atomic E-state index is 0.104. The molecule has 3 heterocycles. The second-order valence-electron chi connectivity index (χ2n) is 8.68. The Hall–Kier alpha value is -3.18. The van der Waals surface area contributed by atoms with Gasteiger partial charge in [0.05, 0.1) is 11.4 Å². The first-order chi connectivity index (χ1) is 15.5. The SMILES string of the molecule is CN(C)c1ccc(C2CCN(C(=O)C3NC(c4cccc(Cl)c4)=C4C=CC=CN43)C2)cc1. The number of anilines is 1. The van der Waals surface area contributed by atoms with Gasteiger partial charge >= 0.3 is 0 Å². The Morgan fingerprint density at radius 1 is 1.12 bits per heavy atom. The number of fused-ring (bicyclic) bond motifs is 1. The first-order valence-electron chi connectivity index (χ1n) is 11.0. The molecule has 1 amide bonds. The molecule has 3 aliphatic heterocycles. The summed E-state index contributed by atoms with van der Waals surface area (Å²) in [6, 6.07) is 16.4. The van der Waals surface area contributed by atoms with E-state index in [2.05, 4.69) is 34.5 Å². The Labute approximate surface area is 194 Å². The van der Waals surface area contributed by atoms with Crippen molar-refractivity contribution in [2.75, 3.05) is 32.1 Å². The molecule has 2 aromatic rings. The third-order valence-corrected chi connectivity index (χ3v) is 6.67. The zero-order valence-electron chi connectivity index (χ0n) is 18.3. The van der Waals surface area contributed by atoms with E-state index in [1.807, 2.05) is 72.6 Å². The van der Waals surface area contributed by atoms with E-state index in [1.54, 1.807) is 0 Å². The summed E-state index contributed by atoms with van der Waals surface area (Å²) in [6.45, 7) is 1.51. The molecule has 2 aromatic carbocycles. The predicted octanol–water partition coefficient (Wildman–Crippen LogP) is 4.41. The minimum Gasteiger partial charge on any atom is -0.378 e. The van der Waals surface area contributed by atoms with Crippen LogP contribution in [0.2, 0.25) is 5.02 Å². The zero-order valence-corrected chi connectivity index (χ0v) is 19.1. The highest BCUT2D eigenvalue weighted by molar-refractivity contribution is 6.30. The summed E-state index contributed by atoms with van der Waals surface area (Å²) in [6.07, 6.45) is 8.50. The Balaban J connectivity index is 1.33. The fraction of sp³-hybridized carbons (Fsp3) is 0.269. The number of benzene rings is 2. The van der Waals surface area contributed by atoms with Crippen molar-refractivity contribution >= 4 is 28.9 Å². The monoisotopic (exact) mass is 446 g/mol. The van der Waals surface area contributed by atoms with Crippen LogP contribution in [0, 0.1) is 0 Å². The lowest BCUT2D eigenvalue weighted by Gasteiger charge is -2.28. The highest BCUT2D eigenvalue weighted by Crippen LogP contribution is 2.34. The molecule has 3 aliphatic rings. The Morgan fingerprint density at radius 3 is 2.69 bits per heavy atom. The normalized spacial score (nSPS) is 21.7. The van der Waals surface area contributed by atoms with Crippen molar-refractivity contribution in [1.29, 1.82) is 0 Å². The van der Waals surface area contributed by atoms with E-state index < -0.39 is 6.17 Å². The van der Waals surface area contributed by atoms with Gasteiger partial charge in [0, 0.05) is 55.6 Å². The van der Waals surface area contributed by atoms with Crippen LogP contribution in [0.4, 0.5) is 5.69 Å². The van der Waals surface area contributed by atoms with Crippen LogP contribution in [0.15, 0.2) is 78.7 Å². The number of carbonyl (C=O) groups excluding carboxylic acids is 1. The number of nitrogens with zero attached hydrogens (tertiary/aromatic N) is 3. The molecule has 1 fully saturated rings. The molecule has 32 heavy (non-hydrogen) atoms. The summed E-state index contributed by atoms with van der Waals surface area (Å²) in [5.74, 6) is 0.472. The lowest BCUT2D eigenvalue weighted by atomic mass is 9.98. The van der Waals surface area contributed by atoms with Gasteiger partial charge in [0.15, 0.2) is 6.17 Å². The number of hydrogen-bond donors (Lipinski definition) is 1. The molecule has 6 heteroatoms. The average Bonchev–Trinajstić information content (AvgIpc) is 3.44. The van der Waals surface area contributed by atoms with Gasteiger partial charge in [0.1, 0.15) is 0 Å². The van der Waals surface area contributed by atoms with E-state index in [-0.39, 0.29) is 5.91 Å². The molecule has 1 N–H and O–H groups in total. The molecule has 0 aromatic heterocycles. The number of carbonyl (C=O) groups is 1. The standard InChI is InChI=1S/C26H27ClN4O/c1-29(2)22-11-9-18(10-12-22)20-13-15-30(17-20)26(32)25-28-24(19-6-5-7-21(27)16-19)23-8-3-4-14-31(23)25/h3-12,14,16,20,25,28H,13,15,17H2,1-2H3. The van der Waals surface area contributed by atoms with Gasteiger partial charge in [0.2, 0.25) is 0 Å². The molecule has 5 rings (SSSR count). The van der Waals surface area contributed by atoms with Crippen molar-refractivity contribution in [3.63, 3.8) is 0 Å². The molecule has 2 atom stereocenters. The van der Waals surface area contributed by atoms with Crippen molar-refractivity contribution in [3.8, 4) is 0 Å². The van der Waals surface area contributed by atoms with Crippen LogP contribution in [-0.2, 0) is 4.79 Å². The van der Waals surface area contributed by atoms with Gasteiger partial charge in [-0.2, -0.15) is 0 Å². The number of hydrogen-bond acceptors (Lipinski definition) is 4. The van der Waals surface area contributed by atoms with Gasteiger partial charge in [-0.25, -0.2) is 0 Å². The lowest BCUT2D eigenvalue weighted by molar-refractivity contribution is -0.134. The fourth-order valence-electron chi connectivity index (χ4n) is 4.68. The predicted molar refractivity (Wildman–Crippen MR) is 130 cm³/mol. The molecule has 1 saturated heterocycles. The Morgan fingerprint density at radius 2 is 1.94 bits per heavy atom. The molecule has 2 unspecified atom stereocenters. The fourth-order valence-corrected chi connectivity index (χ4v) is 4.87. The van der Waals surface area contributed by atoms with Crippen LogP contribution in [0.3, 0.4) is 0 Å². The number of likely N-dealkylation sites (tertiary alicyclic amines) is 1. The highest BCUT2D eigenvalue weighted by atomic mass is 35.5. The lowest BCUT2D eigenvalue weighted by Crippen LogP contribution is -2.49. The van der Waals surface area contributed by atoms with Gasteiger partial charge in [-0.1, -0.05) is 41.9 Å². The van der Waals surface area contributed by atoms with E-state index in [1.165, 1.54) is 11.3 Å². The number of halogens is 1. The van der Waals surface area contributed by atoms with Gasteiger partial charge in [-0.3, -0.25) is 4.79 Å². The minimum atomic E-state index is -0.449. The summed E-state index contributed by atoms with van der Waals surface area (Å²) in [4.78, 5) is 19.7. The molecule has 0 aliphatic carbocycles. The Bertz CT molecular complexity index is 1120. The van der Waals surface area contributed by atoms with Gasteiger partial charge < -0.3 is 20.0 Å². The Kier molecular flexibility index (Phi) is 5.43. The van der Waals surface area contributed by atoms with Crippen molar-refractivity contribution in [2.45, 2.75) is 18.5 Å². The largest absolute Gasteiger partial charge is 0.378 e. The molecule has 0 radical (unpaired) electrons. The molecule has 164 valence electrons. The maximum atomic E-state index is 13.6. The summed E-state index contributed by atoms with van der Waals surface area (Å²) in [7, 11) is 4.09. The second-order valence-corrected chi connectivity index (χ2v) is 9.12. The third kappa shape index (κ3) is 3.78. The summed E-state index contributed by atoms with van der Waals surface area (Å²) >= 11 is 6.23. The first kappa shape index (κ1) is 20.7. The zero-order chi connectivity index (χ0) is 22.2. The van der Waals surface area contributed by atoms with E-state index in [9.17, 15) is 4.79 Å². The van der Waals surface area contributed by atoms with Crippen LogP contribution >= 0.6 is 11.6 Å². The van der Waals surface area contributed by atoms with Crippen LogP contribution in [-0.4, -0.2) is 49.1 Å². The number of allylic oxidation sites excluding steroid dienone is 3. The summed E-state index contributed by atoms with van der Waals surface area (Å²) in [5.41, 5.74) is 5.38. The number of amides is 1. The van der Waals surface area contributed by atoms with Crippen LogP contribution in [0.1, 0.15) is 23.5 Å². The molecule has 0 saturated carbocycles. The molecular weight excluding hydrogens is 420 g/mol. The van der Waals surface area contributed by atoms with Gasteiger partial charge in [0.25, 0.3) is 5.91 Å². The van der Waals surface area contributed by atoms with E-state index in [0.29, 0.717) is 10.9 Å². The van der Waals surface area contributed by atoms with E-state index >= 15 is 0 Å². The van der Waals surface area contributed by atoms with Gasteiger partial charge in [-0.05, 0) is 48.4 Å². The van der Waals surface area contributed by atoms with Crippen molar-refractivity contribution in [1.82, 2.24) is 15.1 Å². The van der Waals surface area contributed by atoms with E-state index in [0.717, 1.165) is 36.5 Å². The molecule has 5 nitrogen and oxygen atoms in total. The topological polar surface area (TPSA) is 38.8 Å². The highest BCUT2D eigenvalue weighted by Gasteiger charge is 2.39. The van der Waals surface area contributed by atoms with Crippen LogP contribution in [0.5, 0.6) is 0 Å². The van der Waals surface area contributed by atoms with Crippen LogP contribution in [0.25, 0.3) is 5.70 Å². The summed E-state index contributed by atoms with van der Waals surface area (Å²) in [5, 5.41) is 4.15. The smallest absolute Gasteiger partial charge is 0.266 e. The first-order valence-corrected chi connectivity index (χ1v) is 11.3. The number of nitrogens with one attached hydrogen (secondary N) is 1. The molecule has 0 bridgehead atoms. The summed E-state index contributed by atoms with van der Waals surface area (Å²) < 4.78 is 0. The van der Waals surface area contributed by atoms with E-state index in [4.69, 9.17) is 11.6 Å². The maximum Gasteiger partial charge on any atom is 0.266 e. The quantitative estimate of drug-likeness (QED) is 0.755. The number of rotatable bonds is 4. The average molecular weight is 447 g/mol. The maximum absolute atomic E-state index is 13.6.